The zero-order valence-electron chi connectivity index (χ0n) is 39.0. The van der Waals surface area contributed by atoms with Gasteiger partial charge in [-0.05, 0) is 32.1 Å². The second-order valence-corrected chi connectivity index (χ2v) is 19.6. The van der Waals surface area contributed by atoms with Crippen molar-refractivity contribution in [3.05, 3.63) is 24.3 Å². The number of hydrogen-bond donors (Lipinski definition) is 2. The zero-order valence-corrected chi connectivity index (χ0v) is 39.9. The van der Waals surface area contributed by atoms with Crippen LogP contribution in [0.5, 0.6) is 0 Å². The van der Waals surface area contributed by atoms with E-state index in [4.69, 9.17) is 9.05 Å². The van der Waals surface area contributed by atoms with Crippen LogP contribution in [0.3, 0.4) is 0 Å². The van der Waals surface area contributed by atoms with Gasteiger partial charge in [-0.15, -0.1) is 0 Å². The van der Waals surface area contributed by atoms with Crippen molar-refractivity contribution in [2.24, 2.45) is 0 Å². The minimum absolute atomic E-state index is 0.00436. The SMILES string of the molecule is CCCCCCC/C=C/CC/C=C/C(O)C(COP(=O)([O-])OCC[N+](C)(C)C)NC(=O)CCCCCCCCCCCCCCCCCCCCCCCCCCC. The summed E-state index contributed by atoms with van der Waals surface area (Å²) in [7, 11) is 1.25. The van der Waals surface area contributed by atoms with Crippen LogP contribution in [0.25, 0.3) is 0 Å². The molecule has 0 aliphatic carbocycles. The van der Waals surface area contributed by atoms with E-state index in [-0.39, 0.29) is 19.1 Å². The van der Waals surface area contributed by atoms with E-state index in [1.54, 1.807) is 6.08 Å². The number of allylic oxidation sites excluding steroid dienone is 3. The van der Waals surface area contributed by atoms with E-state index >= 15 is 0 Å². The van der Waals surface area contributed by atoms with Gasteiger partial charge < -0.3 is 28.8 Å². The van der Waals surface area contributed by atoms with Gasteiger partial charge in [0, 0.05) is 6.42 Å². The maximum Gasteiger partial charge on any atom is 0.268 e. The lowest BCUT2D eigenvalue weighted by molar-refractivity contribution is -0.870. The van der Waals surface area contributed by atoms with Crippen molar-refractivity contribution in [1.29, 1.82) is 0 Å². The summed E-state index contributed by atoms with van der Waals surface area (Å²) in [4.78, 5) is 25.3. The van der Waals surface area contributed by atoms with Gasteiger partial charge in [0.25, 0.3) is 7.82 Å². The molecule has 0 fully saturated rings. The summed E-state index contributed by atoms with van der Waals surface area (Å²) in [6.07, 6.45) is 49.7. The molecule has 0 aromatic rings. The lowest BCUT2D eigenvalue weighted by atomic mass is 10.0. The number of carbonyl (C=O) groups is 1. The number of hydrogen-bond acceptors (Lipinski definition) is 6. The van der Waals surface area contributed by atoms with Crippen molar-refractivity contribution >= 4 is 13.7 Å². The van der Waals surface area contributed by atoms with E-state index in [1.807, 2.05) is 27.2 Å². The first-order valence-corrected chi connectivity index (χ1v) is 26.2. The summed E-state index contributed by atoms with van der Waals surface area (Å²) in [6.45, 7) is 4.62. The van der Waals surface area contributed by atoms with Gasteiger partial charge in [0.1, 0.15) is 13.2 Å². The predicted octanol–water partition coefficient (Wildman–Crippen LogP) is 13.5. The Morgan fingerprint density at radius 1 is 0.586 bits per heavy atom. The maximum absolute atomic E-state index is 12.9. The van der Waals surface area contributed by atoms with Gasteiger partial charge in [0.15, 0.2) is 0 Å². The quantitative estimate of drug-likeness (QED) is 0.0274. The minimum Gasteiger partial charge on any atom is -0.756 e. The monoisotopic (exact) mass is 841 g/mol. The Labute approximate surface area is 360 Å². The Hall–Kier alpha value is -1.02. The lowest BCUT2D eigenvalue weighted by Gasteiger charge is -2.29. The third-order valence-corrected chi connectivity index (χ3v) is 12.1. The largest absolute Gasteiger partial charge is 0.756 e. The molecule has 9 heteroatoms. The van der Waals surface area contributed by atoms with Crippen LogP contribution in [-0.4, -0.2) is 68.5 Å². The molecule has 3 unspecified atom stereocenters. The third-order valence-electron chi connectivity index (χ3n) is 11.2. The summed E-state index contributed by atoms with van der Waals surface area (Å²) in [5.74, 6) is -0.205. The molecule has 2 N–H and O–H groups in total. The molecule has 0 heterocycles. The van der Waals surface area contributed by atoms with E-state index in [1.165, 1.54) is 173 Å². The van der Waals surface area contributed by atoms with Gasteiger partial charge >= 0.3 is 0 Å². The highest BCUT2D eigenvalue weighted by molar-refractivity contribution is 7.45. The number of aliphatic hydroxyl groups excluding tert-OH is 1. The molecular weight excluding hydrogens is 744 g/mol. The number of rotatable bonds is 45. The molecular formula is C49H97N2O6P. The predicted molar refractivity (Wildman–Crippen MR) is 247 cm³/mol. The van der Waals surface area contributed by atoms with E-state index in [2.05, 4.69) is 31.3 Å². The van der Waals surface area contributed by atoms with Gasteiger partial charge in [0.2, 0.25) is 5.91 Å². The second-order valence-electron chi connectivity index (χ2n) is 18.2. The fourth-order valence-electron chi connectivity index (χ4n) is 7.23. The number of quaternary nitrogens is 1. The average Bonchev–Trinajstić information content (AvgIpc) is 3.17. The summed E-state index contributed by atoms with van der Waals surface area (Å²) >= 11 is 0. The molecule has 0 aliphatic rings. The van der Waals surface area contributed by atoms with Crippen LogP contribution in [0.1, 0.15) is 232 Å². The number of aliphatic hydroxyl groups is 1. The number of nitrogens with zero attached hydrogens (tertiary/aromatic N) is 1. The van der Waals surface area contributed by atoms with Crippen LogP contribution in [0, 0.1) is 0 Å². The van der Waals surface area contributed by atoms with Crippen molar-refractivity contribution in [2.45, 2.75) is 244 Å². The molecule has 0 aromatic heterocycles. The standard InChI is InChI=1S/C49H97N2O6P/c1-6-8-10-12-14-16-18-19-20-21-22-23-24-25-26-27-28-29-30-31-33-35-37-39-41-43-49(53)50-47(46-57-58(54,55)56-45-44-51(3,4)5)48(52)42-40-38-36-34-32-17-15-13-11-9-7-2/h32,34,40,42,47-48,52H,6-31,33,35-39,41,43-46H2,1-5H3,(H-,50,53,54,55)/b34-32+,42-40+. The van der Waals surface area contributed by atoms with Crippen LogP contribution in [0.4, 0.5) is 0 Å². The van der Waals surface area contributed by atoms with Gasteiger partial charge in [-0.1, -0.05) is 218 Å². The fraction of sp³-hybridized carbons (Fsp3) is 0.898. The molecule has 0 saturated heterocycles. The van der Waals surface area contributed by atoms with E-state index in [9.17, 15) is 19.4 Å². The van der Waals surface area contributed by atoms with Crippen molar-refractivity contribution < 1.29 is 32.9 Å². The van der Waals surface area contributed by atoms with Crippen molar-refractivity contribution in [2.75, 3.05) is 40.9 Å². The number of phosphoric acid groups is 1. The highest BCUT2D eigenvalue weighted by Gasteiger charge is 2.23. The molecule has 8 nitrogen and oxygen atoms in total. The van der Waals surface area contributed by atoms with Crippen LogP contribution in [0.2, 0.25) is 0 Å². The fourth-order valence-corrected chi connectivity index (χ4v) is 7.95. The molecule has 0 saturated carbocycles. The van der Waals surface area contributed by atoms with E-state index in [0.717, 1.165) is 38.5 Å². The molecule has 58 heavy (non-hydrogen) atoms. The number of carbonyl (C=O) groups excluding carboxylic acids is 1. The van der Waals surface area contributed by atoms with Crippen LogP contribution >= 0.6 is 7.82 Å². The smallest absolute Gasteiger partial charge is 0.268 e. The second kappa shape index (κ2) is 41.3. The number of phosphoric ester groups is 1. The average molecular weight is 841 g/mol. The maximum atomic E-state index is 12.9. The summed E-state index contributed by atoms with van der Waals surface area (Å²) in [5.41, 5.74) is 0. The Balaban J connectivity index is 4.15. The molecule has 0 radical (unpaired) electrons. The highest BCUT2D eigenvalue weighted by Crippen LogP contribution is 2.38. The summed E-state index contributed by atoms with van der Waals surface area (Å²) < 4.78 is 23.2. The Morgan fingerprint density at radius 3 is 1.40 bits per heavy atom. The van der Waals surface area contributed by atoms with Crippen LogP contribution in [-0.2, 0) is 18.4 Å². The number of nitrogens with one attached hydrogen (secondary N) is 1. The van der Waals surface area contributed by atoms with Crippen LogP contribution < -0.4 is 10.2 Å². The lowest BCUT2D eigenvalue weighted by Crippen LogP contribution is -2.45. The number of likely N-dealkylation sites (N-methyl/N-ethyl adjacent to an activating group) is 1. The summed E-state index contributed by atoms with van der Waals surface area (Å²) in [5, 5.41) is 13.7. The van der Waals surface area contributed by atoms with Gasteiger partial charge in [-0.25, -0.2) is 0 Å². The molecule has 0 spiro atoms. The van der Waals surface area contributed by atoms with E-state index in [0.29, 0.717) is 17.4 Å². The van der Waals surface area contributed by atoms with Gasteiger partial charge in [0.05, 0.1) is 39.9 Å². The number of amides is 1. The molecule has 3 atom stereocenters. The Morgan fingerprint density at radius 2 is 0.966 bits per heavy atom. The first-order valence-electron chi connectivity index (χ1n) is 24.7. The van der Waals surface area contributed by atoms with Crippen molar-refractivity contribution in [3.8, 4) is 0 Å². The Bertz CT molecular complexity index is 1000. The molecule has 1 amide bonds. The third kappa shape index (κ3) is 43.1. The molecule has 344 valence electrons. The molecule has 0 aliphatic heterocycles. The topological polar surface area (TPSA) is 108 Å². The molecule has 0 bridgehead atoms. The number of unbranched alkanes of at least 4 members (excludes halogenated alkanes) is 30. The molecule has 0 aromatic carbocycles. The Kier molecular flexibility index (Phi) is 40.6. The minimum atomic E-state index is -4.59. The van der Waals surface area contributed by atoms with Gasteiger partial charge in [-0.2, -0.15) is 0 Å². The van der Waals surface area contributed by atoms with E-state index < -0.39 is 20.0 Å². The first-order chi connectivity index (χ1) is 28.0. The highest BCUT2D eigenvalue weighted by atomic mass is 31.2. The van der Waals surface area contributed by atoms with Crippen LogP contribution in [0.15, 0.2) is 24.3 Å². The van der Waals surface area contributed by atoms with Gasteiger partial charge in [-0.3, -0.25) is 9.36 Å². The normalized spacial score (nSPS) is 14.4. The first kappa shape index (κ1) is 57.0. The van der Waals surface area contributed by atoms with Crippen molar-refractivity contribution in [3.63, 3.8) is 0 Å². The zero-order chi connectivity index (χ0) is 42.8. The van der Waals surface area contributed by atoms with Crippen molar-refractivity contribution in [1.82, 2.24) is 5.32 Å². The summed E-state index contributed by atoms with van der Waals surface area (Å²) in [6, 6.07) is -0.897. The molecule has 0 rings (SSSR count).